The molecule has 4 fully saturated rings. The van der Waals surface area contributed by atoms with E-state index in [0.29, 0.717) is 13.0 Å². The molecule has 168 valence electrons. The number of rotatable bonds is 7. The Labute approximate surface area is 190 Å². The Bertz CT molecular complexity index is 704. The molecule has 1 saturated carbocycles. The van der Waals surface area contributed by atoms with E-state index in [1.807, 2.05) is 6.92 Å². The molecule has 4 aliphatic rings. The van der Waals surface area contributed by atoms with Gasteiger partial charge in [-0.25, -0.2) is 0 Å². The van der Waals surface area contributed by atoms with E-state index in [4.69, 9.17) is 0 Å². The normalized spacial score (nSPS) is 38.0. The highest BCUT2D eigenvalue weighted by molar-refractivity contribution is 9.09. The van der Waals surface area contributed by atoms with E-state index in [1.54, 1.807) is 16.7 Å². The van der Waals surface area contributed by atoms with Gasteiger partial charge in [-0.15, -0.1) is 11.8 Å². The van der Waals surface area contributed by atoms with Crippen LogP contribution in [0.3, 0.4) is 0 Å². The summed E-state index contributed by atoms with van der Waals surface area (Å²) >= 11 is 5.39. The molecule has 6 atom stereocenters. The standard InChI is InChI=1S/C21H32BrN3O4S/c1-2-8-23-18(27)14-15-20(29)25(9-10-26)17(21(15)11-13(22)16(14)30-21)19(28)24-12-6-4-3-5-7-12/h12-17,26H,2-11H2,1H3,(H,23,27)(H,24,28)/t13?,14-,15+,16-,17?,21?/m1/s1. The Morgan fingerprint density at radius 1 is 1.27 bits per heavy atom. The first-order valence-electron chi connectivity index (χ1n) is 11.3. The number of nitrogens with zero attached hydrogens (tertiary/aromatic N) is 1. The van der Waals surface area contributed by atoms with Gasteiger partial charge in [0.15, 0.2) is 0 Å². The number of hydrogen-bond donors (Lipinski definition) is 3. The number of fused-ring (bicyclic) bond motifs is 1. The third-order valence-electron chi connectivity index (χ3n) is 7.18. The quantitative estimate of drug-likeness (QED) is 0.458. The fourth-order valence-corrected chi connectivity index (χ4v) is 9.58. The summed E-state index contributed by atoms with van der Waals surface area (Å²) in [5.41, 5.74) is 0. The average Bonchev–Trinajstić information content (AvgIpc) is 3.31. The lowest BCUT2D eigenvalue weighted by Gasteiger charge is -2.36. The first-order valence-corrected chi connectivity index (χ1v) is 13.1. The number of carbonyl (C=O) groups is 3. The molecule has 0 aromatic rings. The minimum atomic E-state index is -0.636. The van der Waals surface area contributed by atoms with Gasteiger partial charge in [-0.2, -0.15) is 0 Å². The monoisotopic (exact) mass is 501 g/mol. The predicted molar refractivity (Wildman–Crippen MR) is 119 cm³/mol. The second-order valence-electron chi connectivity index (χ2n) is 9.05. The van der Waals surface area contributed by atoms with Gasteiger partial charge in [0.2, 0.25) is 17.7 Å². The Morgan fingerprint density at radius 3 is 2.67 bits per heavy atom. The summed E-state index contributed by atoms with van der Waals surface area (Å²) in [6.07, 6.45) is 6.89. The lowest BCUT2D eigenvalue weighted by molar-refractivity contribution is -0.140. The Balaban J connectivity index is 1.63. The lowest BCUT2D eigenvalue weighted by Crippen LogP contribution is -2.56. The van der Waals surface area contributed by atoms with Crippen LogP contribution >= 0.6 is 27.7 Å². The molecule has 3 unspecified atom stereocenters. The van der Waals surface area contributed by atoms with E-state index < -0.39 is 22.6 Å². The van der Waals surface area contributed by atoms with Gasteiger partial charge in [-0.3, -0.25) is 14.4 Å². The van der Waals surface area contributed by atoms with Gasteiger partial charge in [0.1, 0.15) is 6.04 Å². The molecular formula is C21H32BrN3O4S. The molecule has 3 aliphatic heterocycles. The number of aliphatic hydroxyl groups is 1. The number of carbonyl (C=O) groups excluding carboxylic acids is 3. The third kappa shape index (κ3) is 3.58. The summed E-state index contributed by atoms with van der Waals surface area (Å²) in [5.74, 6) is -1.31. The highest BCUT2D eigenvalue weighted by Gasteiger charge is 2.75. The zero-order chi connectivity index (χ0) is 21.5. The van der Waals surface area contributed by atoms with Gasteiger partial charge >= 0.3 is 0 Å². The van der Waals surface area contributed by atoms with Crippen molar-refractivity contribution in [2.45, 2.75) is 78.8 Å². The molecule has 2 bridgehead atoms. The van der Waals surface area contributed by atoms with Gasteiger partial charge in [0, 0.05) is 29.2 Å². The average molecular weight is 502 g/mol. The molecule has 0 radical (unpaired) electrons. The summed E-state index contributed by atoms with van der Waals surface area (Å²) in [5, 5.41) is 15.8. The van der Waals surface area contributed by atoms with E-state index >= 15 is 0 Å². The number of halogens is 1. The molecule has 3 N–H and O–H groups in total. The van der Waals surface area contributed by atoms with Gasteiger partial charge in [-0.1, -0.05) is 42.1 Å². The number of likely N-dealkylation sites (tertiary alicyclic amines) is 1. The number of thioether (sulfide) groups is 1. The number of hydrogen-bond acceptors (Lipinski definition) is 5. The van der Waals surface area contributed by atoms with Gasteiger partial charge in [0.05, 0.1) is 23.2 Å². The second-order valence-corrected chi connectivity index (χ2v) is 11.8. The van der Waals surface area contributed by atoms with Crippen LogP contribution in [0.25, 0.3) is 0 Å². The number of aliphatic hydroxyl groups excluding tert-OH is 1. The molecule has 1 aliphatic carbocycles. The highest BCUT2D eigenvalue weighted by Crippen LogP contribution is 2.67. The van der Waals surface area contributed by atoms with Crippen molar-refractivity contribution in [3.63, 3.8) is 0 Å². The van der Waals surface area contributed by atoms with Crippen LogP contribution in [0.15, 0.2) is 0 Å². The summed E-state index contributed by atoms with van der Waals surface area (Å²) in [4.78, 5) is 41.7. The van der Waals surface area contributed by atoms with E-state index in [1.165, 1.54) is 6.42 Å². The molecule has 3 heterocycles. The SMILES string of the molecule is CCCNC(=O)[C@H]1[C@@H]2SC3(CC2Br)C(C(=O)NC2CCCCC2)N(CCO)C(=O)[C@H]13. The van der Waals surface area contributed by atoms with Gasteiger partial charge in [-0.05, 0) is 25.7 Å². The fourth-order valence-electron chi connectivity index (χ4n) is 5.97. The first kappa shape index (κ1) is 22.4. The molecule has 0 aromatic heterocycles. The number of alkyl halides is 1. The van der Waals surface area contributed by atoms with Crippen LogP contribution in [0.5, 0.6) is 0 Å². The van der Waals surface area contributed by atoms with Crippen LogP contribution in [-0.2, 0) is 14.4 Å². The lowest BCUT2D eigenvalue weighted by atomic mass is 9.70. The highest BCUT2D eigenvalue weighted by atomic mass is 79.9. The Morgan fingerprint density at radius 2 is 2.00 bits per heavy atom. The Kier molecular flexibility index (Phi) is 6.70. The van der Waals surface area contributed by atoms with Crippen LogP contribution in [0.1, 0.15) is 51.9 Å². The number of β-amino-alcohol motifs (C(OH)–C–C–N with tert-alkyl or cyclic N) is 1. The van der Waals surface area contributed by atoms with Crippen LogP contribution in [0.4, 0.5) is 0 Å². The zero-order valence-electron chi connectivity index (χ0n) is 17.4. The van der Waals surface area contributed by atoms with E-state index in [-0.39, 0.29) is 47.0 Å². The predicted octanol–water partition coefficient (Wildman–Crippen LogP) is 1.42. The smallest absolute Gasteiger partial charge is 0.244 e. The maximum absolute atomic E-state index is 13.5. The van der Waals surface area contributed by atoms with Crippen molar-refractivity contribution in [3.8, 4) is 0 Å². The van der Waals surface area contributed by atoms with Crippen molar-refractivity contribution in [1.82, 2.24) is 15.5 Å². The fraction of sp³-hybridized carbons (Fsp3) is 0.857. The molecule has 9 heteroatoms. The van der Waals surface area contributed by atoms with E-state index in [0.717, 1.165) is 32.1 Å². The topological polar surface area (TPSA) is 98.7 Å². The van der Waals surface area contributed by atoms with Crippen LogP contribution in [0.2, 0.25) is 0 Å². The second kappa shape index (κ2) is 8.98. The van der Waals surface area contributed by atoms with Crippen molar-refractivity contribution in [2.75, 3.05) is 19.7 Å². The maximum Gasteiger partial charge on any atom is 0.244 e. The van der Waals surface area contributed by atoms with Crippen molar-refractivity contribution in [3.05, 3.63) is 0 Å². The molecule has 7 nitrogen and oxygen atoms in total. The summed E-state index contributed by atoms with van der Waals surface area (Å²) in [7, 11) is 0. The number of nitrogens with one attached hydrogen (secondary N) is 2. The summed E-state index contributed by atoms with van der Waals surface area (Å²) in [6, 6.07) is -0.483. The molecular weight excluding hydrogens is 470 g/mol. The van der Waals surface area contributed by atoms with Crippen LogP contribution in [0, 0.1) is 11.8 Å². The molecule has 3 amide bonds. The van der Waals surface area contributed by atoms with Crippen molar-refractivity contribution < 1.29 is 19.5 Å². The molecule has 4 rings (SSSR count). The Hall–Kier alpha value is -0.800. The van der Waals surface area contributed by atoms with Gasteiger partial charge in [0.25, 0.3) is 0 Å². The van der Waals surface area contributed by atoms with Crippen LogP contribution in [-0.4, -0.2) is 74.3 Å². The molecule has 1 spiro atoms. The van der Waals surface area contributed by atoms with E-state index in [9.17, 15) is 19.5 Å². The van der Waals surface area contributed by atoms with Crippen molar-refractivity contribution >= 4 is 45.4 Å². The molecule has 30 heavy (non-hydrogen) atoms. The maximum atomic E-state index is 13.5. The minimum Gasteiger partial charge on any atom is -0.395 e. The van der Waals surface area contributed by atoms with Crippen molar-refractivity contribution in [2.24, 2.45) is 11.8 Å². The van der Waals surface area contributed by atoms with Crippen LogP contribution < -0.4 is 10.6 Å². The van der Waals surface area contributed by atoms with Crippen molar-refractivity contribution in [1.29, 1.82) is 0 Å². The van der Waals surface area contributed by atoms with E-state index in [2.05, 4.69) is 26.6 Å². The molecule has 0 aromatic carbocycles. The number of amides is 3. The summed E-state index contributed by atoms with van der Waals surface area (Å²) in [6.45, 7) is 2.51. The zero-order valence-corrected chi connectivity index (χ0v) is 19.8. The van der Waals surface area contributed by atoms with Gasteiger partial charge < -0.3 is 20.6 Å². The largest absolute Gasteiger partial charge is 0.395 e. The minimum absolute atomic E-state index is 0.0166. The first-order chi connectivity index (χ1) is 14.4. The molecule has 3 saturated heterocycles. The third-order valence-corrected chi connectivity index (χ3v) is 10.4. The summed E-state index contributed by atoms with van der Waals surface area (Å²) < 4.78 is -0.613.